The van der Waals surface area contributed by atoms with Crippen molar-refractivity contribution in [1.82, 2.24) is 4.90 Å². The van der Waals surface area contributed by atoms with Crippen LogP contribution in [0.2, 0.25) is 0 Å². The first-order chi connectivity index (χ1) is 14.7. The minimum atomic E-state index is -1.94. The van der Waals surface area contributed by atoms with Crippen molar-refractivity contribution in [2.75, 3.05) is 19.7 Å². The lowest BCUT2D eigenvalue weighted by molar-refractivity contribution is -0.184. The molecule has 1 unspecified atom stereocenters. The summed E-state index contributed by atoms with van der Waals surface area (Å²) < 4.78 is 16.1. The molecule has 8 heteroatoms. The van der Waals surface area contributed by atoms with Crippen LogP contribution in [0.15, 0.2) is 30.3 Å². The largest absolute Gasteiger partial charge is 0.463 e. The normalized spacial score (nSPS) is 25.9. The van der Waals surface area contributed by atoms with Crippen LogP contribution in [0.4, 0.5) is 0 Å². The molecule has 0 bridgehead atoms. The maximum absolute atomic E-state index is 12.4. The number of hydrogen-bond donors (Lipinski definition) is 1. The van der Waals surface area contributed by atoms with Gasteiger partial charge < -0.3 is 19.3 Å². The summed E-state index contributed by atoms with van der Waals surface area (Å²) >= 11 is 0. The lowest BCUT2D eigenvalue weighted by atomic mass is 9.96. The van der Waals surface area contributed by atoms with Gasteiger partial charge in [-0.05, 0) is 38.8 Å². The number of benzene rings is 1. The monoisotopic (exact) mass is 433 g/mol. The summed E-state index contributed by atoms with van der Waals surface area (Å²) in [7, 11) is 0. The van der Waals surface area contributed by atoms with Gasteiger partial charge in [-0.1, -0.05) is 30.3 Å². The van der Waals surface area contributed by atoms with Crippen molar-refractivity contribution in [2.45, 2.75) is 63.9 Å². The molecule has 2 heterocycles. The number of hydrogen-bond acceptors (Lipinski definition) is 8. The van der Waals surface area contributed by atoms with Crippen LogP contribution < -0.4 is 0 Å². The highest BCUT2D eigenvalue weighted by Crippen LogP contribution is 2.35. The topological polar surface area (TPSA) is 102 Å². The van der Waals surface area contributed by atoms with E-state index in [-0.39, 0.29) is 37.1 Å². The molecule has 0 saturated carbocycles. The summed E-state index contributed by atoms with van der Waals surface area (Å²) in [5.41, 5.74) is -1.04. The Kier molecular flexibility index (Phi) is 7.33. The molecule has 2 aliphatic rings. The van der Waals surface area contributed by atoms with Gasteiger partial charge in [0, 0.05) is 19.4 Å². The van der Waals surface area contributed by atoms with Crippen LogP contribution in [0.25, 0.3) is 0 Å². The third kappa shape index (κ3) is 5.62. The second kappa shape index (κ2) is 9.78. The number of ether oxygens (including phenoxy) is 3. The molecule has 0 aliphatic carbocycles. The zero-order valence-electron chi connectivity index (χ0n) is 18.3. The molecule has 1 N–H and O–H groups in total. The molecule has 5 atom stereocenters. The minimum absolute atomic E-state index is 0.000747. The van der Waals surface area contributed by atoms with Crippen molar-refractivity contribution in [3.05, 3.63) is 35.9 Å². The third-order valence-corrected chi connectivity index (χ3v) is 6.22. The maximum Gasteiger partial charge on any atom is 0.341 e. The van der Waals surface area contributed by atoms with Crippen molar-refractivity contribution in [3.8, 4) is 0 Å². The highest BCUT2D eigenvalue weighted by molar-refractivity contribution is 5.80. The summed E-state index contributed by atoms with van der Waals surface area (Å²) in [4.78, 5) is 38.2. The quantitative estimate of drug-likeness (QED) is 0.486. The Morgan fingerprint density at radius 1 is 1.19 bits per heavy atom. The SMILES string of the molecule is CC(=O)O[C@@H](C)[C@](C)(O)C(=O)OC[C@H]1CCN2CC[C@@H](OC(=O)Cc3ccccc3)C12. The molecule has 31 heavy (non-hydrogen) atoms. The van der Waals surface area contributed by atoms with Crippen LogP contribution in [0.5, 0.6) is 0 Å². The van der Waals surface area contributed by atoms with Crippen molar-refractivity contribution in [3.63, 3.8) is 0 Å². The maximum atomic E-state index is 12.4. The number of carbonyl (C=O) groups is 3. The molecule has 8 nitrogen and oxygen atoms in total. The van der Waals surface area contributed by atoms with Gasteiger partial charge >= 0.3 is 17.9 Å². The molecular formula is C23H31NO7. The van der Waals surface area contributed by atoms with E-state index in [1.807, 2.05) is 30.3 Å². The van der Waals surface area contributed by atoms with Gasteiger partial charge in [-0.25, -0.2) is 4.79 Å². The van der Waals surface area contributed by atoms with E-state index in [1.54, 1.807) is 0 Å². The fraction of sp³-hybridized carbons (Fsp3) is 0.609. The molecule has 170 valence electrons. The number of rotatable bonds is 8. The Balaban J connectivity index is 1.54. The van der Waals surface area contributed by atoms with Gasteiger partial charge in [0.2, 0.25) is 0 Å². The molecular weight excluding hydrogens is 402 g/mol. The van der Waals surface area contributed by atoms with Crippen LogP contribution >= 0.6 is 0 Å². The Bertz CT molecular complexity index is 794. The van der Waals surface area contributed by atoms with E-state index >= 15 is 0 Å². The van der Waals surface area contributed by atoms with E-state index in [1.165, 1.54) is 20.8 Å². The van der Waals surface area contributed by atoms with Crippen LogP contribution in [0.1, 0.15) is 39.2 Å². The van der Waals surface area contributed by atoms with Crippen LogP contribution in [0, 0.1) is 5.92 Å². The molecule has 1 aromatic rings. The number of carbonyl (C=O) groups excluding carboxylic acids is 3. The van der Waals surface area contributed by atoms with E-state index < -0.39 is 23.6 Å². The highest BCUT2D eigenvalue weighted by atomic mass is 16.6. The zero-order chi connectivity index (χ0) is 22.6. The van der Waals surface area contributed by atoms with E-state index in [0.717, 1.165) is 31.5 Å². The fourth-order valence-corrected chi connectivity index (χ4v) is 4.36. The summed E-state index contributed by atoms with van der Waals surface area (Å²) in [6, 6.07) is 9.45. The van der Waals surface area contributed by atoms with Gasteiger partial charge in [-0.15, -0.1) is 0 Å². The van der Waals surface area contributed by atoms with Crippen molar-refractivity contribution < 1.29 is 33.7 Å². The van der Waals surface area contributed by atoms with Crippen molar-refractivity contribution in [2.24, 2.45) is 5.92 Å². The first kappa shape index (κ1) is 23.2. The van der Waals surface area contributed by atoms with Crippen LogP contribution in [-0.4, -0.2) is 71.5 Å². The van der Waals surface area contributed by atoms with E-state index in [9.17, 15) is 19.5 Å². The standard InChI is InChI=1S/C23H31NO7/c1-15(30-16(2)25)23(3,28)22(27)29-14-18-9-11-24-12-10-19(21(18)24)31-20(26)13-17-7-5-4-6-8-17/h4-8,15,18-19,21,28H,9-14H2,1-3H3/t15-,18+,19+,21?,23-/m0/s1. The second-order valence-corrected chi connectivity index (χ2v) is 8.55. The highest BCUT2D eigenvalue weighted by Gasteiger charge is 2.47. The van der Waals surface area contributed by atoms with Crippen LogP contribution in [0.3, 0.4) is 0 Å². The molecule has 3 rings (SSSR count). The van der Waals surface area contributed by atoms with Crippen molar-refractivity contribution >= 4 is 17.9 Å². The van der Waals surface area contributed by atoms with Gasteiger partial charge in [0.05, 0.1) is 19.1 Å². The minimum Gasteiger partial charge on any atom is -0.463 e. The number of fused-ring (bicyclic) bond motifs is 1. The molecule has 0 aromatic heterocycles. The molecule has 2 saturated heterocycles. The predicted octanol–water partition coefficient (Wildman–Crippen LogP) is 1.48. The molecule has 1 aromatic carbocycles. The van der Waals surface area contributed by atoms with Gasteiger partial charge in [-0.3, -0.25) is 14.5 Å². The van der Waals surface area contributed by atoms with E-state index in [0.29, 0.717) is 0 Å². The Morgan fingerprint density at radius 3 is 2.55 bits per heavy atom. The van der Waals surface area contributed by atoms with Gasteiger partial charge in [0.15, 0.2) is 5.60 Å². The molecule has 0 radical (unpaired) electrons. The molecule has 2 aliphatic heterocycles. The molecule has 0 amide bonds. The number of aliphatic hydroxyl groups is 1. The first-order valence-corrected chi connectivity index (χ1v) is 10.7. The summed E-state index contributed by atoms with van der Waals surface area (Å²) in [5, 5.41) is 10.4. The van der Waals surface area contributed by atoms with Gasteiger partial charge in [-0.2, -0.15) is 0 Å². The Hall–Kier alpha value is -2.45. The molecule has 0 spiro atoms. The van der Waals surface area contributed by atoms with Gasteiger partial charge in [0.25, 0.3) is 0 Å². The lowest BCUT2D eigenvalue weighted by Crippen LogP contribution is -2.49. The average molecular weight is 434 g/mol. The smallest absolute Gasteiger partial charge is 0.341 e. The average Bonchev–Trinajstić information content (AvgIpc) is 3.29. The Labute approximate surface area is 182 Å². The zero-order valence-corrected chi connectivity index (χ0v) is 18.3. The summed E-state index contributed by atoms with van der Waals surface area (Å²) in [6.07, 6.45) is 0.502. The van der Waals surface area contributed by atoms with Crippen molar-refractivity contribution in [1.29, 1.82) is 0 Å². The van der Waals surface area contributed by atoms with Gasteiger partial charge in [0.1, 0.15) is 12.2 Å². The lowest BCUT2D eigenvalue weighted by Gasteiger charge is -2.29. The first-order valence-electron chi connectivity index (χ1n) is 10.7. The molecule has 2 fully saturated rings. The predicted molar refractivity (Wildman–Crippen MR) is 111 cm³/mol. The second-order valence-electron chi connectivity index (χ2n) is 8.55. The third-order valence-electron chi connectivity index (χ3n) is 6.22. The fourth-order valence-electron chi connectivity index (χ4n) is 4.36. The number of esters is 3. The summed E-state index contributed by atoms with van der Waals surface area (Å²) in [5.74, 6) is -1.69. The summed E-state index contributed by atoms with van der Waals surface area (Å²) in [6.45, 7) is 5.71. The Morgan fingerprint density at radius 2 is 1.87 bits per heavy atom. The number of nitrogens with zero attached hydrogens (tertiary/aromatic N) is 1. The van der Waals surface area contributed by atoms with E-state index in [2.05, 4.69) is 4.90 Å². The van der Waals surface area contributed by atoms with E-state index in [4.69, 9.17) is 14.2 Å². The van der Waals surface area contributed by atoms with Crippen LogP contribution in [-0.2, 0) is 35.0 Å².